The zero-order valence-electron chi connectivity index (χ0n) is 10.3. The normalized spacial score (nSPS) is 10.7. The molecule has 0 amide bonds. The van der Waals surface area contributed by atoms with Gasteiger partial charge in [-0.3, -0.25) is 10.1 Å². The highest BCUT2D eigenvalue weighted by atomic mass is 35.5. The number of H-pyrrole nitrogens is 1. The van der Waals surface area contributed by atoms with E-state index < -0.39 is 5.82 Å². The third kappa shape index (κ3) is 2.12. The molecule has 0 saturated heterocycles. The van der Waals surface area contributed by atoms with Gasteiger partial charge in [0.25, 0.3) is 0 Å². The van der Waals surface area contributed by atoms with Gasteiger partial charge in [0.1, 0.15) is 5.82 Å². The van der Waals surface area contributed by atoms with Crippen LogP contribution in [0.3, 0.4) is 0 Å². The molecule has 0 atom stereocenters. The summed E-state index contributed by atoms with van der Waals surface area (Å²) in [6.45, 7) is 0. The number of anilines is 1. The van der Waals surface area contributed by atoms with E-state index >= 15 is 0 Å². The summed E-state index contributed by atoms with van der Waals surface area (Å²) in [6, 6.07) is 8.14. The van der Waals surface area contributed by atoms with Crippen LogP contribution < -0.4 is 5.73 Å². The lowest BCUT2D eigenvalue weighted by molar-refractivity contribution is 0.628. The van der Waals surface area contributed by atoms with E-state index in [9.17, 15) is 4.39 Å². The Kier molecular flexibility index (Phi) is 3.12. The molecule has 2 aromatic heterocycles. The third-order valence-corrected chi connectivity index (χ3v) is 3.24. The second kappa shape index (κ2) is 4.94. The fourth-order valence-corrected chi connectivity index (χ4v) is 2.20. The van der Waals surface area contributed by atoms with Gasteiger partial charge in [0.05, 0.1) is 16.3 Å². The predicted molar refractivity (Wildman–Crippen MR) is 76.6 cm³/mol. The van der Waals surface area contributed by atoms with Crippen LogP contribution >= 0.6 is 11.6 Å². The van der Waals surface area contributed by atoms with Crippen molar-refractivity contribution in [3.63, 3.8) is 0 Å². The van der Waals surface area contributed by atoms with Crippen molar-refractivity contribution in [3.8, 4) is 22.4 Å². The molecule has 0 aliphatic rings. The summed E-state index contributed by atoms with van der Waals surface area (Å²) < 4.78 is 13.3. The number of rotatable bonds is 2. The van der Waals surface area contributed by atoms with Crippen LogP contribution in [-0.2, 0) is 0 Å². The van der Waals surface area contributed by atoms with E-state index in [1.54, 1.807) is 18.5 Å². The minimum absolute atomic E-state index is 0.0489. The van der Waals surface area contributed by atoms with Crippen molar-refractivity contribution in [2.75, 3.05) is 5.73 Å². The van der Waals surface area contributed by atoms with Crippen molar-refractivity contribution < 1.29 is 4.39 Å². The van der Waals surface area contributed by atoms with Crippen LogP contribution in [0.5, 0.6) is 0 Å². The van der Waals surface area contributed by atoms with Gasteiger partial charge in [0.2, 0.25) is 0 Å². The molecule has 0 aliphatic carbocycles. The van der Waals surface area contributed by atoms with E-state index in [0.717, 1.165) is 11.1 Å². The van der Waals surface area contributed by atoms with Gasteiger partial charge in [-0.1, -0.05) is 17.7 Å². The average molecular weight is 289 g/mol. The number of nitrogens with two attached hydrogens (primary N) is 1. The molecule has 0 fully saturated rings. The van der Waals surface area contributed by atoms with E-state index in [1.807, 2.05) is 12.1 Å². The van der Waals surface area contributed by atoms with Gasteiger partial charge in [0.15, 0.2) is 5.82 Å². The first-order valence-corrected chi connectivity index (χ1v) is 6.24. The second-order valence-corrected chi connectivity index (χ2v) is 4.64. The number of benzene rings is 1. The van der Waals surface area contributed by atoms with Gasteiger partial charge in [-0.2, -0.15) is 5.10 Å². The molecule has 3 aromatic rings. The smallest absolute Gasteiger partial charge is 0.153 e. The molecule has 6 heteroatoms. The molecule has 0 bridgehead atoms. The quantitative estimate of drug-likeness (QED) is 0.758. The Balaban J connectivity index is 2.18. The van der Waals surface area contributed by atoms with Crippen molar-refractivity contribution in [1.82, 2.24) is 15.2 Å². The van der Waals surface area contributed by atoms with Gasteiger partial charge < -0.3 is 5.73 Å². The Morgan fingerprint density at radius 1 is 1.20 bits per heavy atom. The molecule has 3 rings (SSSR count). The van der Waals surface area contributed by atoms with E-state index in [-0.39, 0.29) is 5.02 Å². The molecule has 0 radical (unpaired) electrons. The predicted octanol–water partition coefficient (Wildman–Crippen LogP) is 3.51. The van der Waals surface area contributed by atoms with Crippen LogP contribution in [0.25, 0.3) is 22.4 Å². The van der Waals surface area contributed by atoms with Crippen molar-refractivity contribution in [1.29, 1.82) is 0 Å². The zero-order valence-corrected chi connectivity index (χ0v) is 11.0. The van der Waals surface area contributed by atoms with E-state index in [0.29, 0.717) is 17.1 Å². The molecule has 0 saturated carbocycles. The fraction of sp³-hybridized carbons (Fsp3) is 0. The maximum Gasteiger partial charge on any atom is 0.153 e. The number of nitrogens with one attached hydrogen (secondary N) is 1. The van der Waals surface area contributed by atoms with Crippen LogP contribution in [0.1, 0.15) is 0 Å². The average Bonchev–Trinajstić information content (AvgIpc) is 2.85. The molecule has 4 nitrogen and oxygen atoms in total. The zero-order chi connectivity index (χ0) is 14.1. The summed E-state index contributed by atoms with van der Waals surface area (Å²) in [5.41, 5.74) is 8.84. The van der Waals surface area contributed by atoms with Crippen molar-refractivity contribution in [2.24, 2.45) is 0 Å². The number of hydrogen-bond donors (Lipinski definition) is 2. The molecule has 0 aliphatic heterocycles. The highest BCUT2D eigenvalue weighted by Gasteiger charge is 2.15. The lowest BCUT2D eigenvalue weighted by Crippen LogP contribution is -1.89. The van der Waals surface area contributed by atoms with Crippen LogP contribution in [0.4, 0.5) is 10.2 Å². The first-order valence-electron chi connectivity index (χ1n) is 5.86. The number of hydrogen-bond acceptors (Lipinski definition) is 3. The topological polar surface area (TPSA) is 67.6 Å². The van der Waals surface area contributed by atoms with E-state index in [4.69, 9.17) is 17.3 Å². The monoisotopic (exact) mass is 288 g/mol. The molecule has 1 aromatic carbocycles. The molecular formula is C14H10ClFN4. The van der Waals surface area contributed by atoms with E-state index in [1.165, 1.54) is 12.1 Å². The van der Waals surface area contributed by atoms with Gasteiger partial charge in [-0.15, -0.1) is 0 Å². The highest BCUT2D eigenvalue weighted by Crippen LogP contribution is 2.35. The van der Waals surface area contributed by atoms with Crippen LogP contribution in [-0.4, -0.2) is 15.2 Å². The SMILES string of the molecule is Nc1n[nH]c(-c2ccc(F)c(Cl)c2)c1-c1cccnc1. The number of nitrogen functional groups attached to an aromatic ring is 1. The second-order valence-electron chi connectivity index (χ2n) is 4.23. The van der Waals surface area contributed by atoms with Crippen LogP contribution in [0, 0.1) is 5.82 Å². The Morgan fingerprint density at radius 2 is 2.05 bits per heavy atom. The maximum absolute atomic E-state index is 13.3. The van der Waals surface area contributed by atoms with Crippen molar-refractivity contribution in [3.05, 3.63) is 53.6 Å². The summed E-state index contributed by atoms with van der Waals surface area (Å²) in [6.07, 6.45) is 3.37. The van der Waals surface area contributed by atoms with E-state index in [2.05, 4.69) is 15.2 Å². The summed E-state index contributed by atoms with van der Waals surface area (Å²) in [5.74, 6) is -0.112. The number of aromatic amines is 1. The number of halogens is 2. The molecular weight excluding hydrogens is 279 g/mol. The maximum atomic E-state index is 13.3. The third-order valence-electron chi connectivity index (χ3n) is 2.95. The van der Waals surface area contributed by atoms with Crippen molar-refractivity contribution in [2.45, 2.75) is 0 Å². The molecule has 20 heavy (non-hydrogen) atoms. The van der Waals surface area contributed by atoms with Crippen LogP contribution in [0.2, 0.25) is 5.02 Å². The number of pyridine rings is 1. The molecule has 2 heterocycles. The molecule has 0 spiro atoms. The van der Waals surface area contributed by atoms with Gasteiger partial charge >= 0.3 is 0 Å². The Morgan fingerprint density at radius 3 is 2.75 bits per heavy atom. The van der Waals surface area contributed by atoms with Gasteiger partial charge in [-0.05, 0) is 24.3 Å². The number of aromatic nitrogens is 3. The lowest BCUT2D eigenvalue weighted by atomic mass is 10.0. The first-order chi connectivity index (χ1) is 9.66. The number of nitrogens with zero attached hydrogens (tertiary/aromatic N) is 2. The van der Waals surface area contributed by atoms with Gasteiger partial charge in [-0.25, -0.2) is 4.39 Å². The largest absolute Gasteiger partial charge is 0.382 e. The van der Waals surface area contributed by atoms with Gasteiger partial charge in [0, 0.05) is 23.5 Å². The molecule has 0 unspecified atom stereocenters. The summed E-state index contributed by atoms with van der Waals surface area (Å²) in [4.78, 5) is 4.06. The fourth-order valence-electron chi connectivity index (χ4n) is 2.02. The highest BCUT2D eigenvalue weighted by molar-refractivity contribution is 6.31. The Labute approximate surface area is 119 Å². The summed E-state index contributed by atoms with van der Waals surface area (Å²) in [5, 5.41) is 6.91. The first kappa shape index (κ1) is 12.6. The standard InChI is InChI=1S/C14H10ClFN4/c15-10-6-8(3-4-11(10)16)13-12(14(17)20-19-13)9-2-1-5-18-7-9/h1-7H,(H3,17,19,20). The summed E-state index contributed by atoms with van der Waals surface area (Å²) >= 11 is 5.82. The lowest BCUT2D eigenvalue weighted by Gasteiger charge is -2.05. The van der Waals surface area contributed by atoms with Crippen molar-refractivity contribution >= 4 is 17.4 Å². The summed E-state index contributed by atoms with van der Waals surface area (Å²) in [7, 11) is 0. The Bertz CT molecular complexity index is 755. The molecule has 100 valence electrons. The minimum atomic E-state index is -0.467. The minimum Gasteiger partial charge on any atom is -0.382 e. The van der Waals surface area contributed by atoms with Crippen LogP contribution in [0.15, 0.2) is 42.7 Å². The molecule has 3 N–H and O–H groups in total. The Hall–Kier alpha value is -2.40.